The fourth-order valence-corrected chi connectivity index (χ4v) is 3.37. The molecule has 0 aromatic heterocycles. The fourth-order valence-electron chi connectivity index (χ4n) is 3.37. The number of benzene rings is 2. The van der Waals surface area contributed by atoms with Crippen LogP contribution in [-0.4, -0.2) is 29.4 Å². The number of fused-ring (bicyclic) bond motifs is 1. The van der Waals surface area contributed by atoms with E-state index in [1.165, 1.54) is 5.56 Å². The summed E-state index contributed by atoms with van der Waals surface area (Å²) in [5, 5.41) is 2.97. The molecule has 1 N–H and O–H groups in total. The molecule has 1 atom stereocenters. The summed E-state index contributed by atoms with van der Waals surface area (Å²) < 4.78 is 5.87. The van der Waals surface area contributed by atoms with Gasteiger partial charge in [-0.15, -0.1) is 0 Å². The Bertz CT molecular complexity index is 846. The molecule has 1 heterocycles. The van der Waals surface area contributed by atoms with Crippen LogP contribution in [0.1, 0.15) is 30.9 Å². The Balaban J connectivity index is 1.51. The molecule has 140 valence electrons. The second-order valence-corrected chi connectivity index (χ2v) is 7.34. The number of ether oxygens (including phenoxy) is 1. The largest absolute Gasteiger partial charge is 0.481 e. The Hall–Kier alpha value is -2.82. The number of carbonyl (C=O) groups is 2. The van der Waals surface area contributed by atoms with E-state index in [1.54, 1.807) is 6.92 Å². The summed E-state index contributed by atoms with van der Waals surface area (Å²) in [6.07, 6.45) is 2.22. The van der Waals surface area contributed by atoms with Gasteiger partial charge in [-0.1, -0.05) is 30.3 Å². The lowest BCUT2D eigenvalue weighted by Crippen LogP contribution is -2.39. The zero-order valence-electron chi connectivity index (χ0n) is 15.5. The van der Waals surface area contributed by atoms with Crippen molar-refractivity contribution >= 4 is 17.5 Å². The second kappa shape index (κ2) is 7.43. The SMILES string of the molecule is C[C@H]1Oc2ccc(NC(=O)C3CC3)cc2CN(CCc2ccccc2)C1=O. The first-order valence-corrected chi connectivity index (χ1v) is 9.53. The summed E-state index contributed by atoms with van der Waals surface area (Å²) in [6, 6.07) is 15.8. The van der Waals surface area contributed by atoms with Crippen LogP contribution in [0.5, 0.6) is 5.75 Å². The number of hydrogen-bond acceptors (Lipinski definition) is 3. The third kappa shape index (κ3) is 4.13. The summed E-state index contributed by atoms with van der Waals surface area (Å²) >= 11 is 0. The lowest BCUT2D eigenvalue weighted by Gasteiger charge is -2.22. The molecule has 2 amide bonds. The number of amides is 2. The standard InChI is InChI=1S/C22H24N2O3/c1-15-22(26)24(12-11-16-5-3-2-4-6-16)14-18-13-19(9-10-20(18)27-15)23-21(25)17-7-8-17/h2-6,9-10,13,15,17H,7-8,11-12,14H2,1H3,(H,23,25)/t15-/m1/s1. The van der Waals surface area contributed by atoms with Crippen molar-refractivity contribution in [2.24, 2.45) is 5.92 Å². The van der Waals surface area contributed by atoms with Crippen LogP contribution in [0.25, 0.3) is 0 Å². The van der Waals surface area contributed by atoms with Gasteiger partial charge in [0.1, 0.15) is 5.75 Å². The van der Waals surface area contributed by atoms with Crippen molar-refractivity contribution in [2.75, 3.05) is 11.9 Å². The van der Waals surface area contributed by atoms with E-state index in [-0.39, 0.29) is 17.7 Å². The highest BCUT2D eigenvalue weighted by Gasteiger charge is 2.30. The van der Waals surface area contributed by atoms with Crippen molar-refractivity contribution in [3.8, 4) is 5.75 Å². The molecular weight excluding hydrogens is 340 g/mol. The fraction of sp³-hybridized carbons (Fsp3) is 0.364. The predicted molar refractivity (Wildman–Crippen MR) is 103 cm³/mol. The van der Waals surface area contributed by atoms with E-state index in [9.17, 15) is 9.59 Å². The molecular formula is C22H24N2O3. The van der Waals surface area contributed by atoms with E-state index in [2.05, 4.69) is 17.4 Å². The number of hydrogen-bond donors (Lipinski definition) is 1. The molecule has 0 saturated heterocycles. The molecule has 27 heavy (non-hydrogen) atoms. The van der Waals surface area contributed by atoms with Crippen LogP contribution in [0.3, 0.4) is 0 Å². The smallest absolute Gasteiger partial charge is 0.263 e. The van der Waals surface area contributed by atoms with Gasteiger partial charge in [-0.25, -0.2) is 0 Å². The van der Waals surface area contributed by atoms with Gasteiger partial charge >= 0.3 is 0 Å². The first-order chi connectivity index (χ1) is 13.1. The summed E-state index contributed by atoms with van der Waals surface area (Å²) in [5.74, 6) is 0.937. The third-order valence-electron chi connectivity index (χ3n) is 5.11. The van der Waals surface area contributed by atoms with Crippen LogP contribution < -0.4 is 10.1 Å². The average molecular weight is 364 g/mol. The van der Waals surface area contributed by atoms with E-state index in [4.69, 9.17) is 4.74 Å². The second-order valence-electron chi connectivity index (χ2n) is 7.34. The highest BCUT2D eigenvalue weighted by molar-refractivity contribution is 5.94. The van der Waals surface area contributed by atoms with Gasteiger partial charge in [0.15, 0.2) is 6.10 Å². The molecule has 0 spiro atoms. The average Bonchev–Trinajstić information content (AvgIpc) is 3.52. The highest BCUT2D eigenvalue weighted by atomic mass is 16.5. The molecule has 0 radical (unpaired) electrons. The van der Waals surface area contributed by atoms with Crippen molar-refractivity contribution < 1.29 is 14.3 Å². The van der Waals surface area contributed by atoms with Gasteiger partial charge in [0.25, 0.3) is 5.91 Å². The van der Waals surface area contributed by atoms with Crippen molar-refractivity contribution in [3.05, 3.63) is 59.7 Å². The molecule has 2 aromatic rings. The quantitative estimate of drug-likeness (QED) is 0.885. The van der Waals surface area contributed by atoms with E-state index in [0.29, 0.717) is 18.8 Å². The zero-order valence-corrected chi connectivity index (χ0v) is 15.5. The topological polar surface area (TPSA) is 58.6 Å². The van der Waals surface area contributed by atoms with Crippen LogP contribution >= 0.6 is 0 Å². The minimum atomic E-state index is -0.520. The number of rotatable bonds is 5. The van der Waals surface area contributed by atoms with E-state index < -0.39 is 6.10 Å². The molecule has 1 fully saturated rings. The Morgan fingerprint density at radius 2 is 1.96 bits per heavy atom. The Kier molecular flexibility index (Phi) is 4.84. The van der Waals surface area contributed by atoms with Gasteiger partial charge < -0.3 is 15.0 Å². The van der Waals surface area contributed by atoms with Crippen LogP contribution in [-0.2, 0) is 22.6 Å². The van der Waals surface area contributed by atoms with E-state index >= 15 is 0 Å². The molecule has 4 rings (SSSR count). The Morgan fingerprint density at radius 3 is 2.70 bits per heavy atom. The maximum atomic E-state index is 12.7. The van der Waals surface area contributed by atoms with Gasteiger partial charge in [-0.2, -0.15) is 0 Å². The molecule has 1 aliphatic heterocycles. The lowest BCUT2D eigenvalue weighted by molar-refractivity contribution is -0.137. The van der Waals surface area contributed by atoms with Crippen molar-refractivity contribution in [1.82, 2.24) is 4.90 Å². The molecule has 1 aliphatic carbocycles. The van der Waals surface area contributed by atoms with Crippen molar-refractivity contribution in [1.29, 1.82) is 0 Å². The molecule has 2 aliphatic rings. The minimum Gasteiger partial charge on any atom is -0.481 e. The van der Waals surface area contributed by atoms with Crippen LogP contribution in [0, 0.1) is 5.92 Å². The monoisotopic (exact) mass is 364 g/mol. The molecule has 5 nitrogen and oxygen atoms in total. The number of carbonyl (C=O) groups excluding carboxylic acids is 2. The minimum absolute atomic E-state index is 0.00861. The predicted octanol–water partition coefficient (Wildman–Crippen LogP) is 3.39. The molecule has 0 bridgehead atoms. The van der Waals surface area contributed by atoms with Crippen molar-refractivity contribution in [3.63, 3.8) is 0 Å². The van der Waals surface area contributed by atoms with Gasteiger partial charge in [0.05, 0.1) is 0 Å². The number of anilines is 1. The van der Waals surface area contributed by atoms with Crippen LogP contribution in [0.4, 0.5) is 5.69 Å². The Morgan fingerprint density at radius 1 is 1.19 bits per heavy atom. The number of nitrogens with one attached hydrogen (secondary N) is 1. The van der Waals surface area contributed by atoms with E-state index in [0.717, 1.165) is 30.5 Å². The van der Waals surface area contributed by atoms with Crippen LogP contribution in [0.15, 0.2) is 48.5 Å². The highest BCUT2D eigenvalue weighted by Crippen LogP contribution is 2.32. The summed E-state index contributed by atoms with van der Waals surface area (Å²) in [5.41, 5.74) is 2.89. The molecule has 1 saturated carbocycles. The number of nitrogens with zero attached hydrogens (tertiary/aromatic N) is 1. The van der Waals surface area contributed by atoms with Crippen molar-refractivity contribution in [2.45, 2.75) is 38.8 Å². The molecule has 2 aromatic carbocycles. The van der Waals surface area contributed by atoms with Gasteiger partial charge in [-0.05, 0) is 49.9 Å². The van der Waals surface area contributed by atoms with E-state index in [1.807, 2.05) is 41.3 Å². The zero-order chi connectivity index (χ0) is 18.8. The molecule has 5 heteroatoms. The maximum Gasteiger partial charge on any atom is 0.263 e. The van der Waals surface area contributed by atoms with Gasteiger partial charge in [0.2, 0.25) is 5.91 Å². The molecule has 0 unspecified atom stereocenters. The maximum absolute atomic E-state index is 12.7. The Labute approximate surface area is 159 Å². The first-order valence-electron chi connectivity index (χ1n) is 9.53. The summed E-state index contributed by atoms with van der Waals surface area (Å²) in [7, 11) is 0. The third-order valence-corrected chi connectivity index (χ3v) is 5.11. The summed E-state index contributed by atoms with van der Waals surface area (Å²) in [4.78, 5) is 26.6. The normalized spacial score (nSPS) is 19.1. The van der Waals surface area contributed by atoms with Gasteiger partial charge in [-0.3, -0.25) is 9.59 Å². The lowest BCUT2D eigenvalue weighted by atomic mass is 10.1. The van der Waals surface area contributed by atoms with Gasteiger partial charge in [0, 0.05) is 30.3 Å². The van der Waals surface area contributed by atoms with Crippen LogP contribution in [0.2, 0.25) is 0 Å². The summed E-state index contributed by atoms with van der Waals surface area (Å²) in [6.45, 7) is 2.91. The first kappa shape index (κ1) is 17.6.